The lowest BCUT2D eigenvalue weighted by molar-refractivity contribution is -0.137. The molecule has 1 amide bonds. The fourth-order valence-corrected chi connectivity index (χ4v) is 5.60. The van der Waals surface area contributed by atoms with E-state index in [0.717, 1.165) is 60.8 Å². The normalized spacial score (nSPS) is 19.4. The van der Waals surface area contributed by atoms with E-state index in [2.05, 4.69) is 61.7 Å². The Labute approximate surface area is 199 Å². The first kappa shape index (κ1) is 21.1. The van der Waals surface area contributed by atoms with Crippen LogP contribution in [0.2, 0.25) is 0 Å². The first-order valence-corrected chi connectivity index (χ1v) is 12.4. The minimum Gasteiger partial charge on any atom is -0.338 e. The zero-order valence-corrected chi connectivity index (χ0v) is 19.6. The predicted molar refractivity (Wildman–Crippen MR) is 133 cm³/mol. The van der Waals surface area contributed by atoms with Gasteiger partial charge >= 0.3 is 0 Å². The molecule has 6 rings (SSSR count). The van der Waals surface area contributed by atoms with Crippen LogP contribution in [0.1, 0.15) is 44.0 Å². The zero-order valence-electron chi connectivity index (χ0n) is 19.6. The van der Waals surface area contributed by atoms with Gasteiger partial charge in [0.05, 0.1) is 5.52 Å². The Morgan fingerprint density at radius 2 is 1.74 bits per heavy atom. The topological polar surface area (TPSA) is 66.6 Å². The molecule has 1 aliphatic heterocycles. The Morgan fingerprint density at radius 1 is 0.971 bits per heavy atom. The third-order valence-electron chi connectivity index (χ3n) is 7.40. The molecule has 0 N–H and O–H groups in total. The Bertz CT molecular complexity index is 1330. The minimum absolute atomic E-state index is 0.138. The average molecular weight is 455 g/mol. The van der Waals surface area contributed by atoms with Crippen LogP contribution in [0.25, 0.3) is 16.6 Å². The molecule has 2 aliphatic rings. The summed E-state index contributed by atoms with van der Waals surface area (Å²) in [6.07, 6.45) is 5.14. The largest absolute Gasteiger partial charge is 0.338 e. The van der Waals surface area contributed by atoms with Crippen molar-refractivity contribution in [2.24, 2.45) is 5.92 Å². The second-order valence-corrected chi connectivity index (χ2v) is 9.67. The lowest BCUT2D eigenvalue weighted by atomic mass is 10.0. The standard InChI is InChI=1S/C27H30N6O/c1-19-18-31(15-16-32(19)26(34)21-11-5-6-12-21)27-28-23-14-8-7-13-22(23)25-30-29-24(33(25)27)17-20-9-3-2-4-10-20/h2-4,7-10,13-14,19,21H,5-6,11-12,15-18H2,1H3. The number of carbonyl (C=O) groups is 1. The maximum Gasteiger partial charge on any atom is 0.226 e. The molecule has 2 aromatic heterocycles. The van der Waals surface area contributed by atoms with Gasteiger partial charge in [0, 0.05) is 43.4 Å². The highest BCUT2D eigenvalue weighted by Crippen LogP contribution is 2.30. The van der Waals surface area contributed by atoms with Crippen LogP contribution >= 0.6 is 0 Å². The molecule has 3 heterocycles. The summed E-state index contributed by atoms with van der Waals surface area (Å²) in [6, 6.07) is 18.6. The molecule has 1 saturated heterocycles. The van der Waals surface area contributed by atoms with Gasteiger partial charge in [-0.05, 0) is 37.5 Å². The number of para-hydroxylation sites is 1. The minimum atomic E-state index is 0.138. The Morgan fingerprint density at radius 3 is 2.53 bits per heavy atom. The van der Waals surface area contributed by atoms with E-state index >= 15 is 0 Å². The molecule has 0 bridgehead atoms. The monoisotopic (exact) mass is 454 g/mol. The Kier molecular flexibility index (Phi) is 5.40. The predicted octanol–water partition coefficient (Wildman–Crippen LogP) is 4.10. The third kappa shape index (κ3) is 3.69. The van der Waals surface area contributed by atoms with Crippen molar-refractivity contribution >= 4 is 28.4 Å². The summed E-state index contributed by atoms with van der Waals surface area (Å²) in [5, 5.41) is 10.2. The first-order chi connectivity index (χ1) is 16.7. The van der Waals surface area contributed by atoms with E-state index in [-0.39, 0.29) is 12.0 Å². The van der Waals surface area contributed by atoms with Gasteiger partial charge in [0.25, 0.3) is 0 Å². The van der Waals surface area contributed by atoms with Crippen molar-refractivity contribution < 1.29 is 4.79 Å². The molecule has 34 heavy (non-hydrogen) atoms. The number of aromatic nitrogens is 4. The van der Waals surface area contributed by atoms with E-state index in [1.54, 1.807) is 0 Å². The smallest absolute Gasteiger partial charge is 0.226 e. The number of piperazine rings is 1. The van der Waals surface area contributed by atoms with Crippen LogP contribution in [-0.2, 0) is 11.2 Å². The molecule has 0 spiro atoms. The second kappa shape index (κ2) is 8.70. The van der Waals surface area contributed by atoms with Gasteiger partial charge in [-0.2, -0.15) is 0 Å². The molecular weight excluding hydrogens is 424 g/mol. The lowest BCUT2D eigenvalue weighted by Gasteiger charge is -2.41. The molecule has 1 saturated carbocycles. The summed E-state index contributed by atoms with van der Waals surface area (Å²) in [4.78, 5) is 22.6. The SMILES string of the molecule is CC1CN(c2nc3ccccc3c3nnc(Cc4ccccc4)n23)CCN1C(=O)C1CCCC1. The Balaban J connectivity index is 1.37. The number of amides is 1. The molecule has 1 atom stereocenters. The van der Waals surface area contributed by atoms with E-state index < -0.39 is 0 Å². The maximum atomic E-state index is 13.1. The molecule has 2 fully saturated rings. The van der Waals surface area contributed by atoms with Crippen LogP contribution in [-0.4, -0.2) is 56.1 Å². The first-order valence-electron chi connectivity index (χ1n) is 12.4. The number of hydrogen-bond donors (Lipinski definition) is 0. The molecule has 2 aromatic carbocycles. The molecule has 7 heteroatoms. The van der Waals surface area contributed by atoms with Gasteiger partial charge in [0.1, 0.15) is 5.82 Å². The fourth-order valence-electron chi connectivity index (χ4n) is 5.60. The van der Waals surface area contributed by atoms with Crippen molar-refractivity contribution in [2.75, 3.05) is 24.5 Å². The van der Waals surface area contributed by atoms with Crippen LogP contribution in [0.5, 0.6) is 0 Å². The van der Waals surface area contributed by atoms with Crippen molar-refractivity contribution in [2.45, 2.75) is 45.1 Å². The van der Waals surface area contributed by atoms with Crippen molar-refractivity contribution in [1.29, 1.82) is 0 Å². The number of benzene rings is 2. The van der Waals surface area contributed by atoms with Crippen molar-refractivity contribution in [1.82, 2.24) is 24.5 Å². The summed E-state index contributed by atoms with van der Waals surface area (Å²) in [5.74, 6) is 2.31. The molecule has 174 valence electrons. The number of hydrogen-bond acceptors (Lipinski definition) is 5. The molecule has 0 radical (unpaired) electrons. The van der Waals surface area contributed by atoms with Gasteiger partial charge in [-0.3, -0.25) is 4.79 Å². The highest BCUT2D eigenvalue weighted by molar-refractivity contribution is 5.92. The summed E-state index contributed by atoms with van der Waals surface area (Å²) < 4.78 is 2.12. The number of fused-ring (bicyclic) bond motifs is 3. The van der Waals surface area contributed by atoms with Crippen LogP contribution in [0.15, 0.2) is 54.6 Å². The lowest BCUT2D eigenvalue weighted by Crippen LogP contribution is -2.55. The van der Waals surface area contributed by atoms with Crippen LogP contribution in [0.3, 0.4) is 0 Å². The van der Waals surface area contributed by atoms with E-state index in [1.807, 2.05) is 24.3 Å². The summed E-state index contributed by atoms with van der Waals surface area (Å²) in [6.45, 7) is 4.39. The third-order valence-corrected chi connectivity index (χ3v) is 7.40. The molecule has 1 aliphatic carbocycles. The Hall–Kier alpha value is -3.48. The summed E-state index contributed by atoms with van der Waals surface area (Å²) in [7, 11) is 0. The molecule has 1 unspecified atom stereocenters. The maximum absolute atomic E-state index is 13.1. The number of nitrogens with zero attached hydrogens (tertiary/aromatic N) is 6. The van der Waals surface area contributed by atoms with Crippen molar-refractivity contribution in [3.8, 4) is 0 Å². The van der Waals surface area contributed by atoms with Gasteiger partial charge < -0.3 is 9.80 Å². The van der Waals surface area contributed by atoms with Crippen LogP contribution < -0.4 is 4.90 Å². The average Bonchev–Trinajstić information content (AvgIpc) is 3.55. The molecule has 4 aromatic rings. The van der Waals surface area contributed by atoms with Gasteiger partial charge in [0.2, 0.25) is 11.9 Å². The quantitative estimate of drug-likeness (QED) is 0.465. The zero-order chi connectivity index (χ0) is 23.1. The highest BCUT2D eigenvalue weighted by Gasteiger charge is 2.34. The van der Waals surface area contributed by atoms with Crippen LogP contribution in [0, 0.1) is 5.92 Å². The number of rotatable bonds is 4. The number of anilines is 1. The van der Waals surface area contributed by atoms with Crippen LogP contribution in [0.4, 0.5) is 5.95 Å². The van der Waals surface area contributed by atoms with E-state index in [4.69, 9.17) is 4.98 Å². The van der Waals surface area contributed by atoms with Gasteiger partial charge in [0.15, 0.2) is 5.65 Å². The highest BCUT2D eigenvalue weighted by atomic mass is 16.2. The van der Waals surface area contributed by atoms with Gasteiger partial charge in [-0.1, -0.05) is 55.3 Å². The van der Waals surface area contributed by atoms with Crippen molar-refractivity contribution in [3.05, 3.63) is 66.0 Å². The number of carbonyl (C=O) groups excluding carboxylic acids is 1. The summed E-state index contributed by atoms with van der Waals surface area (Å²) >= 11 is 0. The molecular formula is C27H30N6O. The van der Waals surface area contributed by atoms with Gasteiger partial charge in [-0.15, -0.1) is 10.2 Å². The van der Waals surface area contributed by atoms with E-state index in [1.165, 1.54) is 18.4 Å². The summed E-state index contributed by atoms with van der Waals surface area (Å²) in [5.41, 5.74) is 2.95. The van der Waals surface area contributed by atoms with E-state index in [0.29, 0.717) is 12.3 Å². The van der Waals surface area contributed by atoms with Gasteiger partial charge in [-0.25, -0.2) is 9.38 Å². The van der Waals surface area contributed by atoms with Crippen molar-refractivity contribution in [3.63, 3.8) is 0 Å². The fraction of sp³-hybridized carbons (Fsp3) is 0.407. The second-order valence-electron chi connectivity index (χ2n) is 9.67. The molecule has 7 nitrogen and oxygen atoms in total. The van der Waals surface area contributed by atoms with E-state index in [9.17, 15) is 4.79 Å².